The first-order valence-electron chi connectivity index (χ1n) is 17.8. The second kappa shape index (κ2) is 12.7. The molecule has 0 unspecified atom stereocenters. The molecule has 10 aromatic rings. The van der Waals surface area contributed by atoms with Crippen molar-refractivity contribution in [3.8, 4) is 33.4 Å². The number of fused-ring (bicyclic) bond motifs is 6. The zero-order valence-corrected chi connectivity index (χ0v) is 29.2. The van der Waals surface area contributed by atoms with Crippen LogP contribution in [-0.2, 0) is 0 Å². The minimum Gasteiger partial charge on any atom is -0.310 e. The molecule has 0 aliphatic rings. The third kappa shape index (κ3) is 5.24. The predicted molar refractivity (Wildman–Crippen MR) is 225 cm³/mol. The first-order valence-corrected chi connectivity index (χ1v) is 18.6. The van der Waals surface area contributed by atoms with Crippen LogP contribution in [0.3, 0.4) is 0 Å². The Kier molecular flexibility index (Phi) is 7.41. The Morgan fingerprint density at radius 3 is 1.35 bits per heavy atom. The number of rotatable bonds is 6. The molecule has 0 aliphatic carbocycles. The van der Waals surface area contributed by atoms with Crippen molar-refractivity contribution in [1.82, 2.24) is 0 Å². The smallest absolute Gasteiger partial charge is 0.0476 e. The van der Waals surface area contributed by atoms with E-state index in [1.807, 2.05) is 11.3 Å². The van der Waals surface area contributed by atoms with E-state index in [0.717, 1.165) is 17.1 Å². The lowest BCUT2D eigenvalue weighted by molar-refractivity contribution is 1.29. The van der Waals surface area contributed by atoms with Crippen molar-refractivity contribution in [3.05, 3.63) is 200 Å². The Balaban J connectivity index is 1.07. The van der Waals surface area contributed by atoms with Gasteiger partial charge in [-0.15, -0.1) is 11.3 Å². The molecular weight excluding hydrogens is 647 g/mol. The highest BCUT2D eigenvalue weighted by molar-refractivity contribution is 7.25. The van der Waals surface area contributed by atoms with Crippen molar-refractivity contribution >= 4 is 70.1 Å². The summed E-state index contributed by atoms with van der Waals surface area (Å²) in [4.78, 5) is 2.38. The van der Waals surface area contributed by atoms with Gasteiger partial charge in [-0.1, -0.05) is 158 Å². The van der Waals surface area contributed by atoms with Crippen LogP contribution in [0.15, 0.2) is 200 Å². The van der Waals surface area contributed by atoms with Crippen LogP contribution >= 0.6 is 11.3 Å². The fraction of sp³-hybridized carbons (Fsp3) is 0. The van der Waals surface area contributed by atoms with E-state index >= 15 is 0 Å². The summed E-state index contributed by atoms with van der Waals surface area (Å²) in [6.07, 6.45) is 0. The molecule has 0 saturated carbocycles. The Morgan fingerprint density at radius 1 is 0.269 bits per heavy atom. The number of hydrogen-bond acceptors (Lipinski definition) is 2. The van der Waals surface area contributed by atoms with Gasteiger partial charge in [0.25, 0.3) is 0 Å². The van der Waals surface area contributed by atoms with Crippen molar-refractivity contribution in [2.45, 2.75) is 0 Å². The quantitative estimate of drug-likeness (QED) is 0.158. The summed E-state index contributed by atoms with van der Waals surface area (Å²) in [6, 6.07) is 72.9. The fourth-order valence-electron chi connectivity index (χ4n) is 7.77. The summed E-state index contributed by atoms with van der Waals surface area (Å²) >= 11 is 1.86. The number of benzene rings is 9. The van der Waals surface area contributed by atoms with E-state index in [1.165, 1.54) is 75.1 Å². The van der Waals surface area contributed by atoms with Gasteiger partial charge < -0.3 is 4.90 Å². The lowest BCUT2D eigenvalue weighted by Crippen LogP contribution is -2.09. The van der Waals surface area contributed by atoms with Crippen LogP contribution in [0.1, 0.15) is 0 Å². The molecule has 0 atom stereocenters. The fourth-order valence-corrected chi connectivity index (χ4v) is 8.91. The molecule has 1 aromatic heterocycles. The highest BCUT2D eigenvalue weighted by Crippen LogP contribution is 2.42. The van der Waals surface area contributed by atoms with Gasteiger partial charge in [-0.3, -0.25) is 0 Å². The topological polar surface area (TPSA) is 3.24 Å². The van der Waals surface area contributed by atoms with E-state index in [1.54, 1.807) is 0 Å². The zero-order valence-electron chi connectivity index (χ0n) is 28.4. The van der Waals surface area contributed by atoms with Gasteiger partial charge in [0, 0.05) is 37.2 Å². The lowest BCUT2D eigenvalue weighted by atomic mass is 9.91. The van der Waals surface area contributed by atoms with Crippen molar-refractivity contribution in [2.24, 2.45) is 0 Å². The highest BCUT2D eigenvalue weighted by atomic mass is 32.1. The second-order valence-electron chi connectivity index (χ2n) is 13.3. The van der Waals surface area contributed by atoms with E-state index in [-0.39, 0.29) is 0 Å². The molecule has 0 fully saturated rings. The van der Waals surface area contributed by atoms with Crippen molar-refractivity contribution < 1.29 is 0 Å². The van der Waals surface area contributed by atoms with Crippen LogP contribution in [0.2, 0.25) is 0 Å². The van der Waals surface area contributed by atoms with Gasteiger partial charge >= 0.3 is 0 Å². The molecule has 0 bridgehead atoms. The standard InChI is InChI=1S/C50H33NS/c1-3-11-34(12-4-1)35-21-25-38(26-22-35)51(40-29-30-48-47-15-7-8-20-49(47)52-50(48)33-40)39-27-23-37(24-28-39)42-17-10-19-44-43-18-9-16-41(36-13-5-2-6-14-36)45(43)31-32-46(42)44/h1-33H. The first kappa shape index (κ1) is 30.4. The Labute approximate surface area is 307 Å². The number of nitrogens with zero attached hydrogens (tertiary/aromatic N) is 1. The summed E-state index contributed by atoms with van der Waals surface area (Å²) in [5.41, 5.74) is 10.8. The molecule has 0 saturated heterocycles. The number of thiophene rings is 1. The third-order valence-corrected chi connectivity index (χ3v) is 11.4. The summed E-state index contributed by atoms with van der Waals surface area (Å²) < 4.78 is 2.61. The molecule has 9 aromatic carbocycles. The average Bonchev–Trinajstić information content (AvgIpc) is 3.60. The van der Waals surface area contributed by atoms with Crippen LogP contribution < -0.4 is 4.90 Å². The van der Waals surface area contributed by atoms with Crippen molar-refractivity contribution in [1.29, 1.82) is 0 Å². The SMILES string of the molecule is c1ccc(-c2ccc(N(c3ccc(-c4cccc5c4ccc4c(-c6ccccc6)cccc45)cc3)c3ccc4c(c3)sc3ccccc34)cc2)cc1. The van der Waals surface area contributed by atoms with E-state index in [0.29, 0.717) is 0 Å². The highest BCUT2D eigenvalue weighted by Gasteiger charge is 2.16. The first-order chi connectivity index (χ1) is 25.8. The van der Waals surface area contributed by atoms with E-state index in [2.05, 4.69) is 205 Å². The maximum atomic E-state index is 2.38. The molecule has 0 amide bonds. The molecule has 0 N–H and O–H groups in total. The number of hydrogen-bond donors (Lipinski definition) is 0. The summed E-state index contributed by atoms with van der Waals surface area (Å²) in [5, 5.41) is 7.71. The predicted octanol–water partition coefficient (Wildman–Crippen LogP) is 14.8. The largest absolute Gasteiger partial charge is 0.310 e. The minimum absolute atomic E-state index is 1.12. The van der Waals surface area contributed by atoms with Crippen LogP contribution in [0.5, 0.6) is 0 Å². The molecule has 244 valence electrons. The Hall–Kier alpha value is -6.48. The molecule has 52 heavy (non-hydrogen) atoms. The van der Waals surface area contributed by atoms with E-state index < -0.39 is 0 Å². The molecule has 1 heterocycles. The van der Waals surface area contributed by atoms with Gasteiger partial charge in [-0.25, -0.2) is 0 Å². The molecular formula is C50H33NS. The molecule has 0 aliphatic heterocycles. The maximum absolute atomic E-state index is 2.38. The third-order valence-electron chi connectivity index (χ3n) is 10.3. The normalized spacial score (nSPS) is 11.5. The lowest BCUT2D eigenvalue weighted by Gasteiger charge is -2.26. The maximum Gasteiger partial charge on any atom is 0.0476 e. The Morgan fingerprint density at radius 2 is 0.712 bits per heavy atom. The molecule has 0 spiro atoms. The second-order valence-corrected chi connectivity index (χ2v) is 14.4. The summed E-state index contributed by atoms with van der Waals surface area (Å²) in [6.45, 7) is 0. The average molecular weight is 680 g/mol. The van der Waals surface area contributed by atoms with Crippen molar-refractivity contribution in [2.75, 3.05) is 4.90 Å². The van der Waals surface area contributed by atoms with Gasteiger partial charge in [0.15, 0.2) is 0 Å². The summed E-state index contributed by atoms with van der Waals surface area (Å²) in [7, 11) is 0. The molecule has 2 heteroatoms. The summed E-state index contributed by atoms with van der Waals surface area (Å²) in [5.74, 6) is 0. The van der Waals surface area contributed by atoms with Crippen LogP contribution in [-0.4, -0.2) is 0 Å². The molecule has 0 radical (unpaired) electrons. The van der Waals surface area contributed by atoms with Gasteiger partial charge in [0.05, 0.1) is 0 Å². The Bertz CT molecular complexity index is 2870. The van der Waals surface area contributed by atoms with Gasteiger partial charge in [-0.2, -0.15) is 0 Å². The van der Waals surface area contributed by atoms with Crippen molar-refractivity contribution in [3.63, 3.8) is 0 Å². The van der Waals surface area contributed by atoms with E-state index in [9.17, 15) is 0 Å². The van der Waals surface area contributed by atoms with Crippen LogP contribution in [0.25, 0.3) is 75.1 Å². The molecule has 10 rings (SSSR count). The van der Waals surface area contributed by atoms with E-state index in [4.69, 9.17) is 0 Å². The van der Waals surface area contributed by atoms with Gasteiger partial charge in [-0.05, 0) is 97.4 Å². The molecule has 1 nitrogen and oxygen atoms in total. The minimum atomic E-state index is 1.12. The van der Waals surface area contributed by atoms with Crippen LogP contribution in [0, 0.1) is 0 Å². The zero-order chi connectivity index (χ0) is 34.4. The monoisotopic (exact) mass is 679 g/mol. The number of anilines is 3. The van der Waals surface area contributed by atoms with Crippen LogP contribution in [0.4, 0.5) is 17.1 Å². The van der Waals surface area contributed by atoms with Gasteiger partial charge in [0.2, 0.25) is 0 Å². The van der Waals surface area contributed by atoms with Gasteiger partial charge in [0.1, 0.15) is 0 Å².